The lowest BCUT2D eigenvalue weighted by Gasteiger charge is -2.14. The number of alkyl halides is 3. The lowest BCUT2D eigenvalue weighted by molar-refractivity contribution is -0.137. The molecule has 108 valence electrons. The summed E-state index contributed by atoms with van der Waals surface area (Å²) in [5, 5.41) is 17.9. The zero-order valence-electron chi connectivity index (χ0n) is 11.2. The quantitative estimate of drug-likeness (QED) is 0.907. The van der Waals surface area contributed by atoms with E-state index in [2.05, 4.69) is 0 Å². The summed E-state index contributed by atoms with van der Waals surface area (Å²) in [6.07, 6.45) is -4.54. The van der Waals surface area contributed by atoms with E-state index < -0.39 is 11.7 Å². The molecule has 0 spiro atoms. The second kappa shape index (κ2) is 5.58. The van der Waals surface area contributed by atoms with E-state index >= 15 is 0 Å². The molecule has 0 radical (unpaired) electrons. The maximum atomic E-state index is 13.1. The normalized spacial score (nSPS) is 11.2. The molecule has 2 nitrogen and oxygen atoms in total. The molecule has 2 rings (SSSR count). The van der Waals surface area contributed by atoms with Gasteiger partial charge in [0.1, 0.15) is 0 Å². The van der Waals surface area contributed by atoms with Crippen LogP contribution in [0, 0.1) is 18.3 Å². The van der Waals surface area contributed by atoms with Gasteiger partial charge in [0.15, 0.2) is 0 Å². The summed E-state index contributed by atoms with van der Waals surface area (Å²) < 4.78 is 39.4. The highest BCUT2D eigenvalue weighted by Gasteiger charge is 2.34. The van der Waals surface area contributed by atoms with Crippen molar-refractivity contribution in [3.05, 3.63) is 58.7 Å². The third-order valence-electron chi connectivity index (χ3n) is 3.28. The standard InChI is InChI=1S/C16H12F3NO/c1-10-6-12(3-4-13(10)9-21)14-5-2-11(8-20)7-15(14)16(17,18)19/h2-7,21H,9H2,1H3. The summed E-state index contributed by atoms with van der Waals surface area (Å²) in [6.45, 7) is 1.57. The first-order valence-electron chi connectivity index (χ1n) is 6.19. The first kappa shape index (κ1) is 15.1. The molecule has 2 aromatic carbocycles. The van der Waals surface area contributed by atoms with Crippen LogP contribution in [0.15, 0.2) is 36.4 Å². The molecular weight excluding hydrogens is 279 g/mol. The van der Waals surface area contributed by atoms with Crippen molar-refractivity contribution in [1.82, 2.24) is 0 Å². The molecular formula is C16H12F3NO. The summed E-state index contributed by atoms with van der Waals surface area (Å²) >= 11 is 0. The third-order valence-corrected chi connectivity index (χ3v) is 3.28. The van der Waals surface area contributed by atoms with Crippen LogP contribution in [0.2, 0.25) is 0 Å². The fourth-order valence-corrected chi connectivity index (χ4v) is 2.14. The summed E-state index contributed by atoms with van der Waals surface area (Å²) in [7, 11) is 0. The smallest absolute Gasteiger partial charge is 0.392 e. The van der Waals surface area contributed by atoms with E-state index in [9.17, 15) is 13.2 Å². The SMILES string of the molecule is Cc1cc(-c2ccc(C#N)cc2C(F)(F)F)ccc1CO. The number of hydrogen-bond acceptors (Lipinski definition) is 2. The van der Waals surface area contributed by atoms with E-state index in [1.165, 1.54) is 18.2 Å². The second-order valence-electron chi connectivity index (χ2n) is 4.67. The van der Waals surface area contributed by atoms with Gasteiger partial charge in [-0.3, -0.25) is 0 Å². The summed E-state index contributed by atoms with van der Waals surface area (Å²) in [4.78, 5) is 0. The van der Waals surface area contributed by atoms with Gasteiger partial charge >= 0.3 is 6.18 Å². The molecule has 21 heavy (non-hydrogen) atoms. The number of rotatable bonds is 2. The van der Waals surface area contributed by atoms with Crippen molar-refractivity contribution in [2.75, 3.05) is 0 Å². The van der Waals surface area contributed by atoms with Crippen molar-refractivity contribution in [1.29, 1.82) is 5.26 Å². The largest absolute Gasteiger partial charge is 0.417 e. The summed E-state index contributed by atoms with van der Waals surface area (Å²) in [5.41, 5.74) is 0.941. The highest BCUT2D eigenvalue weighted by molar-refractivity contribution is 5.70. The minimum Gasteiger partial charge on any atom is -0.392 e. The topological polar surface area (TPSA) is 44.0 Å². The van der Waals surface area contributed by atoms with Crippen LogP contribution in [-0.4, -0.2) is 5.11 Å². The molecule has 0 bridgehead atoms. The van der Waals surface area contributed by atoms with Crippen LogP contribution in [0.4, 0.5) is 13.2 Å². The van der Waals surface area contributed by atoms with E-state index in [4.69, 9.17) is 10.4 Å². The molecule has 1 N–H and O–H groups in total. The fraction of sp³-hybridized carbons (Fsp3) is 0.188. The van der Waals surface area contributed by atoms with Gasteiger partial charge in [-0.25, -0.2) is 0 Å². The molecule has 0 aliphatic carbocycles. The number of halogens is 3. The van der Waals surface area contributed by atoms with Crippen molar-refractivity contribution in [3.63, 3.8) is 0 Å². The van der Waals surface area contributed by atoms with Crippen molar-refractivity contribution < 1.29 is 18.3 Å². The van der Waals surface area contributed by atoms with E-state index in [1.807, 2.05) is 0 Å². The van der Waals surface area contributed by atoms with Crippen molar-refractivity contribution in [2.24, 2.45) is 0 Å². The van der Waals surface area contributed by atoms with E-state index in [1.54, 1.807) is 25.1 Å². The van der Waals surface area contributed by atoms with E-state index in [0.717, 1.165) is 6.07 Å². The van der Waals surface area contributed by atoms with Gasteiger partial charge in [-0.15, -0.1) is 0 Å². The molecule has 0 aliphatic rings. The highest BCUT2D eigenvalue weighted by Crippen LogP contribution is 2.38. The molecule has 0 heterocycles. The Morgan fingerprint density at radius 2 is 1.86 bits per heavy atom. The number of aryl methyl sites for hydroxylation is 1. The van der Waals surface area contributed by atoms with Crippen LogP contribution in [0.25, 0.3) is 11.1 Å². The van der Waals surface area contributed by atoms with Crippen molar-refractivity contribution >= 4 is 0 Å². The number of benzene rings is 2. The van der Waals surface area contributed by atoms with Gasteiger partial charge in [-0.1, -0.05) is 24.3 Å². The van der Waals surface area contributed by atoms with Gasteiger partial charge in [0.05, 0.1) is 23.8 Å². The molecule has 5 heteroatoms. The number of nitriles is 1. The number of aliphatic hydroxyl groups is 1. The molecule has 0 fully saturated rings. The average Bonchev–Trinajstić information content (AvgIpc) is 2.45. The Kier molecular flexibility index (Phi) is 4.01. The molecule has 0 saturated carbocycles. The fourth-order valence-electron chi connectivity index (χ4n) is 2.14. The average molecular weight is 291 g/mol. The first-order valence-corrected chi connectivity index (χ1v) is 6.19. The van der Waals surface area contributed by atoms with Gasteiger partial charge < -0.3 is 5.11 Å². The Morgan fingerprint density at radius 1 is 1.14 bits per heavy atom. The van der Waals surface area contributed by atoms with E-state index in [0.29, 0.717) is 16.7 Å². The highest BCUT2D eigenvalue weighted by atomic mass is 19.4. The Bertz CT molecular complexity index is 714. The molecule has 0 aliphatic heterocycles. The number of hydrogen-bond donors (Lipinski definition) is 1. The Hall–Kier alpha value is -2.32. The van der Waals surface area contributed by atoms with Crippen LogP contribution in [0.3, 0.4) is 0 Å². The number of nitrogens with zero attached hydrogens (tertiary/aromatic N) is 1. The van der Waals surface area contributed by atoms with Crippen LogP contribution in [0.5, 0.6) is 0 Å². The lowest BCUT2D eigenvalue weighted by atomic mass is 9.95. The Balaban J connectivity index is 2.64. The van der Waals surface area contributed by atoms with Crippen molar-refractivity contribution in [2.45, 2.75) is 19.7 Å². The predicted octanol–water partition coefficient (Wildman–Crippen LogP) is 4.04. The Labute approximate surface area is 120 Å². The zero-order valence-corrected chi connectivity index (χ0v) is 11.2. The zero-order chi connectivity index (χ0) is 15.6. The van der Waals surface area contributed by atoms with Gasteiger partial charge in [0.2, 0.25) is 0 Å². The third kappa shape index (κ3) is 3.06. The molecule has 0 unspecified atom stereocenters. The molecule has 0 atom stereocenters. The maximum Gasteiger partial charge on any atom is 0.417 e. The monoisotopic (exact) mass is 291 g/mol. The lowest BCUT2D eigenvalue weighted by Crippen LogP contribution is -2.08. The maximum absolute atomic E-state index is 13.1. The Morgan fingerprint density at radius 3 is 2.38 bits per heavy atom. The second-order valence-corrected chi connectivity index (χ2v) is 4.67. The van der Waals surface area contributed by atoms with Gasteiger partial charge in [-0.2, -0.15) is 18.4 Å². The summed E-state index contributed by atoms with van der Waals surface area (Å²) in [5.74, 6) is 0. The van der Waals surface area contributed by atoms with Gasteiger partial charge in [-0.05, 0) is 41.3 Å². The van der Waals surface area contributed by atoms with Crippen LogP contribution in [0.1, 0.15) is 22.3 Å². The molecule has 0 amide bonds. The van der Waals surface area contributed by atoms with Crippen LogP contribution in [-0.2, 0) is 12.8 Å². The minimum absolute atomic E-state index is 0.0223. The van der Waals surface area contributed by atoms with Crippen LogP contribution < -0.4 is 0 Å². The minimum atomic E-state index is -4.54. The molecule has 0 aromatic heterocycles. The van der Waals surface area contributed by atoms with E-state index in [-0.39, 0.29) is 17.7 Å². The molecule has 0 saturated heterocycles. The van der Waals surface area contributed by atoms with Gasteiger partial charge in [0, 0.05) is 0 Å². The van der Waals surface area contributed by atoms with Crippen LogP contribution >= 0.6 is 0 Å². The predicted molar refractivity (Wildman–Crippen MR) is 72.3 cm³/mol. The molecule has 2 aromatic rings. The van der Waals surface area contributed by atoms with Gasteiger partial charge in [0.25, 0.3) is 0 Å². The first-order chi connectivity index (χ1) is 9.86. The number of aliphatic hydroxyl groups excluding tert-OH is 1. The summed E-state index contributed by atoms with van der Waals surface area (Å²) in [6, 6.07) is 9.96. The van der Waals surface area contributed by atoms with Crippen molar-refractivity contribution in [3.8, 4) is 17.2 Å².